The highest BCUT2D eigenvalue weighted by molar-refractivity contribution is 5.92. The average Bonchev–Trinajstić information content (AvgIpc) is 2.42. The summed E-state index contributed by atoms with van der Waals surface area (Å²) in [4.78, 5) is 14.1. The fourth-order valence-corrected chi connectivity index (χ4v) is 2.11. The van der Waals surface area contributed by atoms with Crippen LogP contribution in [0, 0.1) is 0 Å². The van der Waals surface area contributed by atoms with Crippen molar-refractivity contribution >= 4 is 11.6 Å². The molecule has 0 radical (unpaired) electrons. The van der Waals surface area contributed by atoms with Gasteiger partial charge in [-0.05, 0) is 37.1 Å². The maximum Gasteiger partial charge on any atom is 0.238 e. The van der Waals surface area contributed by atoms with Crippen LogP contribution in [0.3, 0.4) is 0 Å². The first-order valence-electron chi connectivity index (χ1n) is 6.50. The topological polar surface area (TPSA) is 41.6 Å². The molecule has 0 bridgehead atoms. The Labute approximate surface area is 114 Å². The minimum atomic E-state index is 0.0256. The predicted octanol–water partition coefficient (Wildman–Crippen LogP) is 2.29. The van der Waals surface area contributed by atoms with Crippen LogP contribution in [0.25, 0.3) is 0 Å². The Morgan fingerprint density at radius 3 is 2.53 bits per heavy atom. The summed E-state index contributed by atoms with van der Waals surface area (Å²) in [6, 6.07) is 7.35. The molecular formula is C15H20N2O2. The molecule has 19 heavy (non-hydrogen) atoms. The number of benzene rings is 1. The number of methoxy groups -OCH3 is 1. The second-order valence-electron chi connectivity index (χ2n) is 4.80. The number of amides is 1. The van der Waals surface area contributed by atoms with Crippen LogP contribution < -0.4 is 10.1 Å². The molecule has 1 fully saturated rings. The zero-order valence-corrected chi connectivity index (χ0v) is 11.3. The number of rotatable bonds is 4. The molecule has 0 unspecified atom stereocenters. The van der Waals surface area contributed by atoms with E-state index in [1.54, 1.807) is 7.11 Å². The Bertz CT molecular complexity index is 444. The van der Waals surface area contributed by atoms with Crippen LogP contribution in [0.4, 0.5) is 5.69 Å². The molecule has 1 aromatic rings. The third kappa shape index (κ3) is 4.10. The van der Waals surface area contributed by atoms with Crippen LogP contribution in [-0.4, -0.2) is 37.6 Å². The van der Waals surface area contributed by atoms with Crippen LogP contribution in [0.2, 0.25) is 0 Å². The molecule has 102 valence electrons. The number of ether oxygens (including phenoxy) is 1. The lowest BCUT2D eigenvalue weighted by Crippen LogP contribution is -2.37. The summed E-state index contributed by atoms with van der Waals surface area (Å²) >= 11 is 0. The fourth-order valence-electron chi connectivity index (χ4n) is 2.11. The Balaban J connectivity index is 1.81. The van der Waals surface area contributed by atoms with Gasteiger partial charge in [0.25, 0.3) is 0 Å². The molecule has 1 saturated heterocycles. The molecule has 1 amide bonds. The highest BCUT2D eigenvalue weighted by Gasteiger charge is 2.15. The lowest BCUT2D eigenvalue weighted by molar-refractivity contribution is -0.117. The highest BCUT2D eigenvalue weighted by Crippen LogP contribution is 2.16. The molecule has 0 aliphatic carbocycles. The van der Waals surface area contributed by atoms with Crippen molar-refractivity contribution in [3.63, 3.8) is 0 Å². The van der Waals surface area contributed by atoms with Gasteiger partial charge >= 0.3 is 0 Å². The van der Waals surface area contributed by atoms with Gasteiger partial charge in [-0.3, -0.25) is 9.69 Å². The average molecular weight is 260 g/mol. The molecule has 0 spiro atoms. The van der Waals surface area contributed by atoms with Gasteiger partial charge in [0.2, 0.25) is 5.91 Å². The number of nitrogens with zero attached hydrogens (tertiary/aromatic N) is 1. The number of piperidine rings is 1. The van der Waals surface area contributed by atoms with E-state index in [4.69, 9.17) is 4.74 Å². The summed E-state index contributed by atoms with van der Waals surface area (Å²) in [6.45, 7) is 6.27. The third-order valence-electron chi connectivity index (χ3n) is 3.30. The van der Waals surface area contributed by atoms with Crippen LogP contribution in [-0.2, 0) is 4.79 Å². The van der Waals surface area contributed by atoms with E-state index in [0.717, 1.165) is 37.4 Å². The van der Waals surface area contributed by atoms with Crippen molar-refractivity contribution in [3.8, 4) is 5.75 Å². The van der Waals surface area contributed by atoms with E-state index in [0.29, 0.717) is 6.54 Å². The number of likely N-dealkylation sites (tertiary alicyclic amines) is 1. The minimum Gasteiger partial charge on any atom is -0.497 e. The summed E-state index contributed by atoms with van der Waals surface area (Å²) in [5.74, 6) is 0.810. The Morgan fingerprint density at radius 2 is 1.95 bits per heavy atom. The van der Waals surface area contributed by atoms with Gasteiger partial charge in [0.05, 0.1) is 13.7 Å². The van der Waals surface area contributed by atoms with Crippen LogP contribution in [0.1, 0.15) is 12.8 Å². The molecule has 1 N–H and O–H groups in total. The maximum absolute atomic E-state index is 11.9. The lowest BCUT2D eigenvalue weighted by Gasteiger charge is -2.27. The molecule has 1 aliphatic heterocycles. The number of anilines is 1. The second-order valence-corrected chi connectivity index (χ2v) is 4.80. The van der Waals surface area contributed by atoms with E-state index < -0.39 is 0 Å². The summed E-state index contributed by atoms with van der Waals surface area (Å²) in [6.07, 6.45) is 1.99. The van der Waals surface area contributed by atoms with Gasteiger partial charge in [0.1, 0.15) is 5.75 Å². The normalized spacial score (nSPS) is 16.2. The van der Waals surface area contributed by atoms with Gasteiger partial charge in [-0.1, -0.05) is 12.2 Å². The summed E-state index contributed by atoms with van der Waals surface area (Å²) in [5, 5.41) is 2.89. The van der Waals surface area contributed by atoms with Crippen molar-refractivity contribution in [2.75, 3.05) is 32.1 Å². The Hall–Kier alpha value is -1.81. The van der Waals surface area contributed by atoms with Gasteiger partial charge in [0.15, 0.2) is 0 Å². The maximum atomic E-state index is 11.9. The van der Waals surface area contributed by atoms with Crippen LogP contribution >= 0.6 is 0 Å². The second kappa shape index (κ2) is 6.38. The lowest BCUT2D eigenvalue weighted by atomic mass is 10.1. The number of nitrogens with one attached hydrogen (secondary N) is 1. The first-order valence-corrected chi connectivity index (χ1v) is 6.50. The highest BCUT2D eigenvalue weighted by atomic mass is 16.5. The molecule has 4 nitrogen and oxygen atoms in total. The van der Waals surface area contributed by atoms with E-state index >= 15 is 0 Å². The largest absolute Gasteiger partial charge is 0.497 e. The van der Waals surface area contributed by atoms with Crippen molar-refractivity contribution in [3.05, 3.63) is 36.4 Å². The number of hydrogen-bond donors (Lipinski definition) is 1. The van der Waals surface area contributed by atoms with Gasteiger partial charge in [-0.15, -0.1) is 0 Å². The standard InChI is InChI=1S/C15H20N2O2/c1-12-7-9-17(10-8-12)11-15(18)16-13-3-5-14(19-2)6-4-13/h3-6H,1,7-11H2,2H3,(H,16,18). The molecule has 0 atom stereocenters. The van der Waals surface area contributed by atoms with Crippen LogP contribution in [0.15, 0.2) is 36.4 Å². The first-order chi connectivity index (χ1) is 9.17. The molecule has 1 heterocycles. The van der Waals surface area contributed by atoms with E-state index in [2.05, 4.69) is 16.8 Å². The van der Waals surface area contributed by atoms with Crippen molar-refractivity contribution in [2.24, 2.45) is 0 Å². The smallest absolute Gasteiger partial charge is 0.238 e. The monoisotopic (exact) mass is 260 g/mol. The van der Waals surface area contributed by atoms with Crippen LogP contribution in [0.5, 0.6) is 5.75 Å². The number of hydrogen-bond acceptors (Lipinski definition) is 3. The van der Waals surface area contributed by atoms with Gasteiger partial charge in [-0.25, -0.2) is 0 Å². The van der Waals surface area contributed by atoms with E-state index in [-0.39, 0.29) is 5.91 Å². The van der Waals surface area contributed by atoms with E-state index in [1.807, 2.05) is 24.3 Å². The number of carbonyl (C=O) groups excluding carboxylic acids is 1. The fraction of sp³-hybridized carbons (Fsp3) is 0.400. The molecule has 1 aromatic carbocycles. The molecule has 2 rings (SSSR count). The van der Waals surface area contributed by atoms with Gasteiger partial charge in [0, 0.05) is 18.8 Å². The summed E-state index contributed by atoms with van der Waals surface area (Å²) < 4.78 is 5.08. The van der Waals surface area contributed by atoms with Crippen molar-refractivity contribution in [2.45, 2.75) is 12.8 Å². The molecule has 0 aromatic heterocycles. The summed E-state index contributed by atoms with van der Waals surface area (Å²) in [7, 11) is 1.62. The SMILES string of the molecule is C=C1CCN(CC(=O)Nc2ccc(OC)cc2)CC1. The molecule has 0 saturated carbocycles. The zero-order valence-electron chi connectivity index (χ0n) is 11.3. The van der Waals surface area contributed by atoms with E-state index in [1.165, 1.54) is 5.57 Å². The molecular weight excluding hydrogens is 240 g/mol. The molecule has 4 heteroatoms. The Kier molecular flexibility index (Phi) is 4.58. The van der Waals surface area contributed by atoms with Crippen molar-refractivity contribution < 1.29 is 9.53 Å². The third-order valence-corrected chi connectivity index (χ3v) is 3.30. The first kappa shape index (κ1) is 13.6. The minimum absolute atomic E-state index is 0.0256. The summed E-state index contributed by atoms with van der Waals surface area (Å²) in [5.41, 5.74) is 2.08. The van der Waals surface area contributed by atoms with Crippen molar-refractivity contribution in [1.29, 1.82) is 0 Å². The quantitative estimate of drug-likeness (QED) is 0.844. The number of carbonyl (C=O) groups is 1. The van der Waals surface area contributed by atoms with Gasteiger partial charge < -0.3 is 10.1 Å². The van der Waals surface area contributed by atoms with Crippen molar-refractivity contribution in [1.82, 2.24) is 4.90 Å². The van der Waals surface area contributed by atoms with E-state index in [9.17, 15) is 4.79 Å². The zero-order chi connectivity index (χ0) is 13.7. The predicted molar refractivity (Wildman–Crippen MR) is 76.4 cm³/mol. The molecule has 1 aliphatic rings. The Morgan fingerprint density at radius 1 is 1.32 bits per heavy atom. The van der Waals surface area contributed by atoms with Gasteiger partial charge in [-0.2, -0.15) is 0 Å².